The van der Waals surface area contributed by atoms with Crippen LogP contribution in [0.15, 0.2) is 60.7 Å². The van der Waals surface area contributed by atoms with Crippen molar-refractivity contribution in [2.24, 2.45) is 11.3 Å². The number of methoxy groups -OCH3 is 1. The Kier molecular flexibility index (Phi) is 7.53. The first kappa shape index (κ1) is 28.9. The molecule has 2 N–H and O–H groups in total. The lowest BCUT2D eigenvalue weighted by Crippen LogP contribution is -2.80. The minimum atomic E-state index is -1.73. The minimum Gasteiger partial charge on any atom is -0.497 e. The Morgan fingerprint density at radius 3 is 2.51 bits per heavy atom. The third-order valence-electron chi connectivity index (χ3n) is 8.70. The molecule has 0 spiro atoms. The average Bonchev–Trinajstić information content (AvgIpc) is 3.06. The number of carboxylic acid groups (broad SMARTS) is 1. The number of Topliss-reactive ketones (excluding diaryl/α,β-unsaturated/α-hetero) is 1. The van der Waals surface area contributed by atoms with Crippen LogP contribution in [0.4, 0.5) is 5.69 Å². The van der Waals surface area contributed by atoms with Crippen molar-refractivity contribution in [2.75, 3.05) is 33.4 Å². The Balaban J connectivity index is 1.90. The number of carbonyl (C=O) groups is 3. The van der Waals surface area contributed by atoms with Gasteiger partial charge in [0.05, 0.1) is 25.1 Å². The lowest BCUT2D eigenvalue weighted by molar-refractivity contribution is -0.170. The summed E-state index contributed by atoms with van der Waals surface area (Å²) in [7, 11) is 1.58. The number of hydrogen-bond donors (Lipinski definition) is 2. The van der Waals surface area contributed by atoms with Crippen molar-refractivity contribution in [2.45, 2.75) is 45.8 Å². The molecule has 216 valence electrons. The van der Waals surface area contributed by atoms with Gasteiger partial charge in [0, 0.05) is 31.0 Å². The van der Waals surface area contributed by atoms with Crippen molar-refractivity contribution in [1.82, 2.24) is 9.80 Å². The van der Waals surface area contributed by atoms with Gasteiger partial charge in [-0.1, -0.05) is 63.2 Å². The van der Waals surface area contributed by atoms with Crippen LogP contribution in [0.5, 0.6) is 5.75 Å². The van der Waals surface area contributed by atoms with Crippen molar-refractivity contribution in [1.29, 1.82) is 0 Å². The molecule has 41 heavy (non-hydrogen) atoms. The number of benzene rings is 3. The molecule has 8 heteroatoms. The number of ketones is 1. The Bertz CT molecular complexity index is 1510. The van der Waals surface area contributed by atoms with Gasteiger partial charge in [0.2, 0.25) is 5.54 Å². The fraction of sp³-hybridized carbons (Fsp3) is 0.424. The molecule has 0 aromatic heterocycles. The summed E-state index contributed by atoms with van der Waals surface area (Å²) in [5.41, 5.74) is -0.143. The number of nitrogens with one attached hydrogen (secondary N) is 1. The van der Waals surface area contributed by atoms with Crippen LogP contribution in [0.25, 0.3) is 10.8 Å². The second-order valence-corrected chi connectivity index (χ2v) is 12.5. The Hall–Kier alpha value is -3.59. The summed E-state index contributed by atoms with van der Waals surface area (Å²) < 4.78 is 11.6. The van der Waals surface area contributed by atoms with E-state index in [1.54, 1.807) is 13.2 Å². The maximum atomic E-state index is 14.8. The van der Waals surface area contributed by atoms with Gasteiger partial charge in [-0.25, -0.2) is 14.1 Å². The van der Waals surface area contributed by atoms with E-state index in [-0.39, 0.29) is 37.8 Å². The average molecular weight is 560 g/mol. The van der Waals surface area contributed by atoms with Gasteiger partial charge in [-0.3, -0.25) is 4.79 Å². The number of hydrogen-bond acceptors (Lipinski definition) is 6. The predicted octanol–water partition coefficient (Wildman–Crippen LogP) is 4.87. The first-order valence-electron chi connectivity index (χ1n) is 14.1. The summed E-state index contributed by atoms with van der Waals surface area (Å²) in [6.45, 7) is 7.83. The summed E-state index contributed by atoms with van der Waals surface area (Å²) in [6, 6.07) is 19.4. The highest BCUT2D eigenvalue weighted by Crippen LogP contribution is 2.51. The van der Waals surface area contributed by atoms with Crippen LogP contribution in [-0.4, -0.2) is 61.7 Å². The van der Waals surface area contributed by atoms with E-state index in [4.69, 9.17) is 9.47 Å². The lowest BCUT2D eigenvalue weighted by atomic mass is 9.70. The van der Waals surface area contributed by atoms with E-state index >= 15 is 0 Å². The SMILES string of the molecule is COc1ccc2c(c1)C(c1cccc3ccccc13)OCC(=O)[N@@+]2(CC(C)(C)C)[C@@]1(C(=O)O)CCNC[C@@H]1C(C)=O. The third-order valence-corrected chi connectivity index (χ3v) is 8.70. The van der Waals surface area contributed by atoms with Gasteiger partial charge in [-0.15, -0.1) is 0 Å². The van der Waals surface area contributed by atoms with E-state index in [1.807, 2.05) is 75.4 Å². The first-order valence-corrected chi connectivity index (χ1v) is 14.1. The summed E-state index contributed by atoms with van der Waals surface area (Å²) in [5, 5.41) is 16.4. The van der Waals surface area contributed by atoms with E-state index < -0.39 is 33.4 Å². The number of rotatable bonds is 6. The second-order valence-electron chi connectivity index (χ2n) is 12.5. The fourth-order valence-electron chi connectivity index (χ4n) is 7.13. The molecule has 1 amide bonds. The van der Waals surface area contributed by atoms with Crippen molar-refractivity contribution in [3.8, 4) is 5.75 Å². The second kappa shape index (κ2) is 10.7. The molecule has 2 heterocycles. The Morgan fingerprint density at radius 1 is 1.10 bits per heavy atom. The summed E-state index contributed by atoms with van der Waals surface area (Å²) in [4.78, 5) is 41.7. The smallest absolute Gasteiger partial charge is 0.367 e. The number of fused-ring (bicyclic) bond motifs is 2. The van der Waals surface area contributed by atoms with E-state index in [0.29, 0.717) is 23.5 Å². The number of carboxylic acids is 1. The van der Waals surface area contributed by atoms with Crippen molar-refractivity contribution >= 4 is 34.1 Å². The molecule has 3 aromatic rings. The molecule has 1 unspecified atom stereocenters. The van der Waals surface area contributed by atoms with Gasteiger partial charge in [0.1, 0.15) is 23.3 Å². The summed E-state index contributed by atoms with van der Waals surface area (Å²) in [5.74, 6) is -2.14. The number of aliphatic carboxylic acids is 1. The minimum absolute atomic E-state index is 0.110. The number of amides is 1. The van der Waals surface area contributed by atoms with Crippen molar-refractivity contribution in [3.63, 3.8) is 0 Å². The molecule has 0 saturated carbocycles. The van der Waals surface area contributed by atoms with Crippen LogP contribution < -0.4 is 14.5 Å². The molecule has 0 bridgehead atoms. The third kappa shape index (κ3) is 4.64. The van der Waals surface area contributed by atoms with Crippen molar-refractivity contribution < 1.29 is 29.0 Å². The van der Waals surface area contributed by atoms with Gasteiger partial charge in [-0.05, 0) is 35.4 Å². The molecule has 0 radical (unpaired) electrons. The lowest BCUT2D eigenvalue weighted by Gasteiger charge is -2.54. The largest absolute Gasteiger partial charge is 0.497 e. The zero-order chi connectivity index (χ0) is 29.6. The molecule has 1 saturated heterocycles. The Labute approximate surface area is 240 Å². The van der Waals surface area contributed by atoms with Gasteiger partial charge in [-0.2, -0.15) is 0 Å². The number of piperidine rings is 1. The molecule has 4 atom stereocenters. The van der Waals surface area contributed by atoms with Crippen LogP contribution in [-0.2, 0) is 19.1 Å². The van der Waals surface area contributed by atoms with Gasteiger partial charge >= 0.3 is 11.9 Å². The molecule has 8 nitrogen and oxygen atoms in total. The van der Waals surface area contributed by atoms with Crippen LogP contribution in [0.1, 0.15) is 51.3 Å². The Morgan fingerprint density at radius 2 is 1.83 bits per heavy atom. The molecular weight excluding hydrogens is 520 g/mol. The van der Waals surface area contributed by atoms with Crippen molar-refractivity contribution in [3.05, 3.63) is 71.8 Å². The maximum Gasteiger partial charge on any atom is 0.367 e. The number of carbonyl (C=O) groups excluding carboxylic acids is 2. The molecule has 0 aliphatic carbocycles. The van der Waals surface area contributed by atoms with Crippen LogP contribution in [0.2, 0.25) is 0 Å². The predicted molar refractivity (Wildman–Crippen MR) is 158 cm³/mol. The molecule has 3 aromatic carbocycles. The van der Waals surface area contributed by atoms with E-state index in [9.17, 15) is 19.5 Å². The first-order chi connectivity index (χ1) is 19.5. The number of quaternary nitrogens is 1. The fourth-order valence-corrected chi connectivity index (χ4v) is 7.13. The zero-order valence-corrected chi connectivity index (χ0v) is 24.4. The topological polar surface area (TPSA) is 102 Å². The zero-order valence-electron chi connectivity index (χ0n) is 24.4. The van der Waals surface area contributed by atoms with E-state index in [2.05, 4.69) is 5.32 Å². The molecule has 2 aliphatic rings. The maximum absolute atomic E-state index is 14.8. The van der Waals surface area contributed by atoms with Gasteiger partial charge < -0.3 is 19.9 Å². The quantitative estimate of drug-likeness (QED) is 0.416. The normalized spacial score (nSPS) is 26.7. The van der Waals surface area contributed by atoms with E-state index in [0.717, 1.165) is 16.3 Å². The highest BCUT2D eigenvalue weighted by atomic mass is 16.5. The summed E-state index contributed by atoms with van der Waals surface area (Å²) >= 11 is 0. The summed E-state index contributed by atoms with van der Waals surface area (Å²) in [6.07, 6.45) is -0.558. The van der Waals surface area contributed by atoms with Crippen LogP contribution in [0.3, 0.4) is 0 Å². The monoisotopic (exact) mass is 559 g/mol. The van der Waals surface area contributed by atoms with Crippen LogP contribution in [0, 0.1) is 11.3 Å². The number of nitrogens with zero attached hydrogens (tertiary/aromatic N) is 1. The molecule has 1 fully saturated rings. The van der Waals surface area contributed by atoms with Gasteiger partial charge in [0.15, 0.2) is 6.61 Å². The highest BCUT2D eigenvalue weighted by molar-refractivity contribution is 6.02. The molecule has 2 aliphatic heterocycles. The van der Waals surface area contributed by atoms with Gasteiger partial charge in [0.25, 0.3) is 0 Å². The standard InChI is InChI=1S/C33H38N2O6/c1-21(36)27-18-34-16-15-33(27,31(38)39)35(20-32(2,3)4)28-14-13-23(40-5)17-26(28)30(41-19-29(35)37)25-12-8-10-22-9-6-7-11-24(22)25/h6-14,17,27,30,34H,15-16,18-20H2,1-5H3/p+1/t27-,30?,33+,35+/m1/s1. The molecule has 5 rings (SSSR count). The van der Waals surface area contributed by atoms with E-state index in [1.165, 1.54) is 6.92 Å². The molecular formula is C33H39N2O6+. The number of ether oxygens (including phenoxy) is 2. The van der Waals surface area contributed by atoms with Crippen LogP contribution >= 0.6 is 0 Å². The highest BCUT2D eigenvalue weighted by Gasteiger charge is 2.70.